The first-order chi connectivity index (χ1) is 12.9. The van der Waals surface area contributed by atoms with E-state index in [1.165, 1.54) is 12.1 Å². The van der Waals surface area contributed by atoms with Crippen molar-refractivity contribution >= 4 is 11.6 Å². The average Bonchev–Trinajstić information content (AvgIpc) is 3.07. The van der Waals surface area contributed by atoms with E-state index in [1.54, 1.807) is 13.2 Å². The van der Waals surface area contributed by atoms with Gasteiger partial charge in [0.25, 0.3) is 0 Å². The molecular formula is C20H29FN2O4. The molecule has 27 heavy (non-hydrogen) atoms. The van der Waals surface area contributed by atoms with Crippen LogP contribution in [-0.2, 0) is 19.0 Å². The molecule has 0 bridgehead atoms. The Morgan fingerprint density at radius 3 is 2.74 bits per heavy atom. The highest BCUT2D eigenvalue weighted by Crippen LogP contribution is 2.29. The van der Waals surface area contributed by atoms with Crippen molar-refractivity contribution in [2.75, 3.05) is 51.5 Å². The van der Waals surface area contributed by atoms with Crippen LogP contribution in [0.15, 0.2) is 24.3 Å². The predicted molar refractivity (Wildman–Crippen MR) is 100 cm³/mol. The van der Waals surface area contributed by atoms with E-state index < -0.39 is 5.79 Å². The van der Waals surface area contributed by atoms with Gasteiger partial charge in [0.1, 0.15) is 5.82 Å². The molecule has 0 N–H and O–H groups in total. The maximum absolute atomic E-state index is 13.5. The SMILES string of the molecule is COCC(CC1(C)OCCO1)C(=O)N1CCN(c2cccc(F)c2)C(C)C1. The molecular weight excluding hydrogens is 351 g/mol. The van der Waals surface area contributed by atoms with Crippen LogP contribution in [0, 0.1) is 11.7 Å². The first-order valence-electron chi connectivity index (χ1n) is 9.50. The van der Waals surface area contributed by atoms with Crippen LogP contribution in [0.25, 0.3) is 0 Å². The lowest BCUT2D eigenvalue weighted by Gasteiger charge is -2.42. The molecule has 3 rings (SSSR count). The number of halogens is 1. The molecule has 2 fully saturated rings. The molecule has 2 heterocycles. The minimum Gasteiger partial charge on any atom is -0.384 e. The van der Waals surface area contributed by atoms with E-state index in [0.717, 1.165) is 5.69 Å². The molecule has 1 amide bonds. The zero-order valence-corrected chi connectivity index (χ0v) is 16.3. The van der Waals surface area contributed by atoms with E-state index in [4.69, 9.17) is 14.2 Å². The topological polar surface area (TPSA) is 51.2 Å². The van der Waals surface area contributed by atoms with Crippen molar-refractivity contribution in [2.24, 2.45) is 5.92 Å². The molecule has 2 unspecified atom stereocenters. The number of piperazine rings is 1. The maximum atomic E-state index is 13.5. The van der Waals surface area contributed by atoms with Crippen molar-refractivity contribution in [3.8, 4) is 0 Å². The van der Waals surface area contributed by atoms with Crippen LogP contribution in [0.5, 0.6) is 0 Å². The molecule has 0 aliphatic carbocycles. The number of amides is 1. The van der Waals surface area contributed by atoms with Crippen molar-refractivity contribution in [1.82, 2.24) is 4.90 Å². The van der Waals surface area contributed by atoms with Crippen molar-refractivity contribution in [2.45, 2.75) is 32.1 Å². The number of carbonyl (C=O) groups is 1. The lowest BCUT2D eigenvalue weighted by molar-refractivity contribution is -0.168. The Balaban J connectivity index is 1.64. The molecule has 1 aromatic carbocycles. The Morgan fingerprint density at radius 2 is 2.11 bits per heavy atom. The molecule has 7 heteroatoms. The average molecular weight is 380 g/mol. The van der Waals surface area contributed by atoms with Crippen LogP contribution in [0.2, 0.25) is 0 Å². The van der Waals surface area contributed by atoms with Crippen molar-refractivity contribution in [3.05, 3.63) is 30.1 Å². The second-order valence-electron chi connectivity index (χ2n) is 7.49. The van der Waals surface area contributed by atoms with Gasteiger partial charge in [-0.1, -0.05) is 6.07 Å². The Kier molecular flexibility index (Phi) is 6.34. The lowest BCUT2D eigenvalue weighted by Crippen LogP contribution is -2.55. The van der Waals surface area contributed by atoms with Gasteiger partial charge in [-0.25, -0.2) is 4.39 Å². The summed E-state index contributed by atoms with van der Waals surface area (Å²) in [6.07, 6.45) is 0.470. The van der Waals surface area contributed by atoms with Crippen molar-refractivity contribution in [1.29, 1.82) is 0 Å². The van der Waals surface area contributed by atoms with Crippen molar-refractivity contribution in [3.63, 3.8) is 0 Å². The van der Waals surface area contributed by atoms with E-state index in [2.05, 4.69) is 11.8 Å². The third-order valence-corrected chi connectivity index (χ3v) is 5.31. The summed E-state index contributed by atoms with van der Waals surface area (Å²) in [6.45, 7) is 7.22. The molecule has 6 nitrogen and oxygen atoms in total. The fourth-order valence-corrected chi connectivity index (χ4v) is 4.00. The smallest absolute Gasteiger partial charge is 0.228 e. The minimum absolute atomic E-state index is 0.0583. The van der Waals surface area contributed by atoms with E-state index in [0.29, 0.717) is 45.9 Å². The van der Waals surface area contributed by atoms with Gasteiger partial charge in [0.2, 0.25) is 5.91 Å². The van der Waals surface area contributed by atoms with Gasteiger partial charge in [-0.3, -0.25) is 4.79 Å². The summed E-state index contributed by atoms with van der Waals surface area (Å²) in [5.74, 6) is -1.23. The molecule has 2 saturated heterocycles. The number of hydrogen-bond donors (Lipinski definition) is 0. The van der Waals surface area contributed by atoms with E-state index >= 15 is 0 Å². The highest BCUT2D eigenvalue weighted by Gasteiger charge is 2.39. The Hall–Kier alpha value is -1.70. The van der Waals surface area contributed by atoms with Gasteiger partial charge in [-0.2, -0.15) is 0 Å². The highest BCUT2D eigenvalue weighted by atomic mass is 19.1. The molecule has 150 valence electrons. The van der Waals surface area contributed by atoms with Gasteiger partial charge in [0.15, 0.2) is 5.79 Å². The first-order valence-corrected chi connectivity index (χ1v) is 9.50. The molecule has 0 aromatic heterocycles. The predicted octanol–water partition coefficient (Wildman–Crippen LogP) is 2.28. The van der Waals surface area contributed by atoms with Crippen LogP contribution in [0.1, 0.15) is 20.3 Å². The lowest BCUT2D eigenvalue weighted by atomic mass is 9.98. The summed E-state index contributed by atoms with van der Waals surface area (Å²) in [4.78, 5) is 17.1. The summed E-state index contributed by atoms with van der Waals surface area (Å²) in [7, 11) is 1.60. The largest absolute Gasteiger partial charge is 0.384 e. The normalized spacial score (nSPS) is 23.5. The summed E-state index contributed by atoms with van der Waals surface area (Å²) in [5, 5.41) is 0. The number of methoxy groups -OCH3 is 1. The Morgan fingerprint density at radius 1 is 1.37 bits per heavy atom. The Bertz CT molecular complexity index is 651. The number of ether oxygens (including phenoxy) is 3. The first kappa shape index (κ1) is 20.0. The van der Waals surface area contributed by atoms with Crippen LogP contribution in [0.3, 0.4) is 0 Å². The van der Waals surface area contributed by atoms with Crippen LogP contribution in [-0.4, -0.2) is 69.2 Å². The van der Waals surface area contributed by atoms with Gasteiger partial charge in [0.05, 0.1) is 25.7 Å². The summed E-state index contributed by atoms with van der Waals surface area (Å²) in [5.41, 5.74) is 0.850. The molecule has 2 aliphatic rings. The number of carbonyl (C=O) groups excluding carboxylic acids is 1. The fourth-order valence-electron chi connectivity index (χ4n) is 4.00. The zero-order valence-electron chi connectivity index (χ0n) is 16.3. The molecule has 0 spiro atoms. The number of hydrogen-bond acceptors (Lipinski definition) is 5. The van der Waals surface area contributed by atoms with Gasteiger partial charge in [-0.05, 0) is 32.0 Å². The van der Waals surface area contributed by atoms with Gasteiger partial charge < -0.3 is 24.0 Å². The molecule has 1 aromatic rings. The van der Waals surface area contributed by atoms with E-state index in [1.807, 2.05) is 17.9 Å². The van der Waals surface area contributed by atoms with Gasteiger partial charge >= 0.3 is 0 Å². The maximum Gasteiger partial charge on any atom is 0.228 e. The van der Waals surface area contributed by atoms with Gasteiger partial charge in [-0.15, -0.1) is 0 Å². The summed E-state index contributed by atoms with van der Waals surface area (Å²) >= 11 is 0. The Labute approximate surface area is 160 Å². The van der Waals surface area contributed by atoms with E-state index in [-0.39, 0.29) is 23.7 Å². The second kappa shape index (κ2) is 8.54. The van der Waals surface area contributed by atoms with Crippen molar-refractivity contribution < 1.29 is 23.4 Å². The third-order valence-electron chi connectivity index (χ3n) is 5.31. The number of rotatable bonds is 6. The monoisotopic (exact) mass is 380 g/mol. The minimum atomic E-state index is -0.728. The third kappa shape index (κ3) is 4.78. The highest BCUT2D eigenvalue weighted by molar-refractivity contribution is 5.79. The fraction of sp³-hybridized carbons (Fsp3) is 0.650. The summed E-state index contributed by atoms with van der Waals surface area (Å²) in [6, 6.07) is 6.70. The molecule has 2 atom stereocenters. The van der Waals surface area contributed by atoms with Crippen LogP contribution < -0.4 is 4.90 Å². The second-order valence-corrected chi connectivity index (χ2v) is 7.49. The quantitative estimate of drug-likeness (QED) is 0.758. The summed E-state index contributed by atoms with van der Waals surface area (Å²) < 4.78 is 30.2. The van der Waals surface area contributed by atoms with Crippen LogP contribution in [0.4, 0.5) is 10.1 Å². The standard InChI is InChI=1S/C20H29FN2O4/c1-15-13-22(7-8-23(15)18-6-4-5-17(21)11-18)19(24)16(14-25-3)12-20(2)26-9-10-27-20/h4-6,11,15-16H,7-10,12-14H2,1-3H3. The molecule has 2 aliphatic heterocycles. The van der Waals surface area contributed by atoms with E-state index in [9.17, 15) is 9.18 Å². The number of anilines is 1. The number of nitrogens with zero attached hydrogens (tertiary/aromatic N) is 2. The van der Waals surface area contributed by atoms with Gasteiger partial charge in [0, 0.05) is 44.9 Å². The van der Waals surface area contributed by atoms with Crippen LogP contribution >= 0.6 is 0 Å². The zero-order chi connectivity index (χ0) is 19.4. The molecule has 0 radical (unpaired) electrons. The molecule has 0 saturated carbocycles. The number of benzene rings is 1.